The summed E-state index contributed by atoms with van der Waals surface area (Å²) in [6.45, 7) is 4.14. The lowest BCUT2D eigenvalue weighted by Crippen LogP contribution is -2.33. The van der Waals surface area contributed by atoms with Crippen LogP contribution in [0.3, 0.4) is 0 Å². The van der Waals surface area contributed by atoms with Gasteiger partial charge in [0.15, 0.2) is 0 Å². The molecule has 3 heteroatoms. The van der Waals surface area contributed by atoms with Crippen molar-refractivity contribution in [2.75, 3.05) is 23.7 Å². The molecule has 1 saturated carbocycles. The third-order valence-corrected chi connectivity index (χ3v) is 3.63. The summed E-state index contributed by atoms with van der Waals surface area (Å²) in [5.74, 6) is 0.806. The smallest absolute Gasteiger partial charge is 0.101 e. The van der Waals surface area contributed by atoms with E-state index < -0.39 is 0 Å². The first-order chi connectivity index (χ1) is 8.26. The van der Waals surface area contributed by atoms with E-state index in [2.05, 4.69) is 17.9 Å². The monoisotopic (exact) mass is 229 g/mol. The second kappa shape index (κ2) is 5.09. The summed E-state index contributed by atoms with van der Waals surface area (Å²) in [5.41, 5.74) is 8.25. The summed E-state index contributed by atoms with van der Waals surface area (Å²) in [6, 6.07) is 7.84. The number of nitriles is 1. The predicted octanol–water partition coefficient (Wildman–Crippen LogP) is 2.77. The number of para-hydroxylation sites is 1. The van der Waals surface area contributed by atoms with Gasteiger partial charge in [-0.1, -0.05) is 12.5 Å². The van der Waals surface area contributed by atoms with Crippen LogP contribution in [0.1, 0.15) is 31.7 Å². The maximum atomic E-state index is 8.99. The van der Waals surface area contributed by atoms with Crippen molar-refractivity contribution in [2.24, 2.45) is 5.92 Å². The molecular formula is C14H19N3. The fourth-order valence-electron chi connectivity index (χ4n) is 2.31. The van der Waals surface area contributed by atoms with Crippen LogP contribution in [-0.4, -0.2) is 13.1 Å². The van der Waals surface area contributed by atoms with Crippen LogP contribution in [0.4, 0.5) is 11.4 Å². The third kappa shape index (κ3) is 2.36. The van der Waals surface area contributed by atoms with Gasteiger partial charge >= 0.3 is 0 Å². The van der Waals surface area contributed by atoms with Gasteiger partial charge in [0.25, 0.3) is 0 Å². The largest absolute Gasteiger partial charge is 0.396 e. The number of hydrogen-bond acceptors (Lipinski definition) is 3. The van der Waals surface area contributed by atoms with Crippen molar-refractivity contribution in [1.82, 2.24) is 0 Å². The second-order valence-corrected chi connectivity index (χ2v) is 4.69. The van der Waals surface area contributed by atoms with Crippen LogP contribution in [0, 0.1) is 17.2 Å². The van der Waals surface area contributed by atoms with E-state index in [1.807, 2.05) is 12.1 Å². The minimum absolute atomic E-state index is 0.578. The maximum absolute atomic E-state index is 8.99. The molecule has 0 spiro atoms. The van der Waals surface area contributed by atoms with Crippen LogP contribution in [0.25, 0.3) is 0 Å². The second-order valence-electron chi connectivity index (χ2n) is 4.69. The van der Waals surface area contributed by atoms with Crippen LogP contribution < -0.4 is 10.6 Å². The third-order valence-electron chi connectivity index (χ3n) is 3.63. The Morgan fingerprint density at radius 2 is 2.24 bits per heavy atom. The minimum atomic E-state index is 0.578. The lowest BCUT2D eigenvalue weighted by molar-refractivity contribution is 0.318. The van der Waals surface area contributed by atoms with Gasteiger partial charge in [0, 0.05) is 13.1 Å². The molecule has 1 aliphatic rings. The van der Waals surface area contributed by atoms with Crippen LogP contribution in [0.2, 0.25) is 0 Å². The summed E-state index contributed by atoms with van der Waals surface area (Å²) in [5, 5.41) is 8.99. The number of nitrogens with two attached hydrogens (primary N) is 1. The molecule has 0 aliphatic heterocycles. The molecule has 0 aromatic heterocycles. The van der Waals surface area contributed by atoms with E-state index in [1.54, 1.807) is 6.07 Å². The highest BCUT2D eigenvalue weighted by atomic mass is 15.1. The van der Waals surface area contributed by atoms with Gasteiger partial charge in [-0.25, -0.2) is 0 Å². The van der Waals surface area contributed by atoms with Gasteiger partial charge < -0.3 is 10.6 Å². The normalized spacial score (nSPS) is 15.1. The van der Waals surface area contributed by atoms with Gasteiger partial charge in [-0.15, -0.1) is 0 Å². The summed E-state index contributed by atoms with van der Waals surface area (Å²) >= 11 is 0. The molecule has 3 nitrogen and oxygen atoms in total. The fraction of sp³-hybridized carbons (Fsp3) is 0.500. The Morgan fingerprint density at radius 1 is 1.47 bits per heavy atom. The van der Waals surface area contributed by atoms with Crippen molar-refractivity contribution in [2.45, 2.75) is 26.2 Å². The number of hydrogen-bond donors (Lipinski definition) is 1. The van der Waals surface area contributed by atoms with E-state index in [4.69, 9.17) is 11.0 Å². The van der Waals surface area contributed by atoms with Gasteiger partial charge in [0.2, 0.25) is 0 Å². The number of rotatable bonds is 4. The van der Waals surface area contributed by atoms with Crippen LogP contribution in [0.5, 0.6) is 0 Å². The average Bonchev–Trinajstić information content (AvgIpc) is 2.29. The maximum Gasteiger partial charge on any atom is 0.101 e. The zero-order chi connectivity index (χ0) is 12.3. The highest BCUT2D eigenvalue weighted by Crippen LogP contribution is 2.31. The van der Waals surface area contributed by atoms with Crippen molar-refractivity contribution in [1.29, 1.82) is 5.26 Å². The lowest BCUT2D eigenvalue weighted by Gasteiger charge is -2.33. The quantitative estimate of drug-likeness (QED) is 0.808. The summed E-state index contributed by atoms with van der Waals surface area (Å²) in [6.07, 6.45) is 4.01. The summed E-state index contributed by atoms with van der Waals surface area (Å²) in [4.78, 5) is 2.29. The SMILES string of the molecule is CCN(CC1CCC1)c1cccc(C#N)c1N. The Hall–Kier alpha value is -1.69. The van der Waals surface area contributed by atoms with E-state index in [1.165, 1.54) is 19.3 Å². The molecule has 2 N–H and O–H groups in total. The molecule has 0 unspecified atom stereocenters. The van der Waals surface area contributed by atoms with Crippen LogP contribution in [0.15, 0.2) is 18.2 Å². The van der Waals surface area contributed by atoms with Gasteiger partial charge in [-0.3, -0.25) is 0 Å². The molecule has 90 valence electrons. The van der Waals surface area contributed by atoms with E-state index >= 15 is 0 Å². The average molecular weight is 229 g/mol. The van der Waals surface area contributed by atoms with Gasteiger partial charge in [0.1, 0.15) is 6.07 Å². The minimum Gasteiger partial charge on any atom is -0.396 e. The Morgan fingerprint density at radius 3 is 2.76 bits per heavy atom. The Kier molecular flexibility index (Phi) is 3.53. The zero-order valence-electron chi connectivity index (χ0n) is 10.3. The Balaban J connectivity index is 2.20. The fourth-order valence-corrected chi connectivity index (χ4v) is 2.31. The topological polar surface area (TPSA) is 53.0 Å². The first-order valence-corrected chi connectivity index (χ1v) is 6.29. The molecule has 1 aromatic carbocycles. The number of benzene rings is 1. The molecule has 0 bridgehead atoms. The molecule has 0 saturated heterocycles. The molecule has 0 atom stereocenters. The first-order valence-electron chi connectivity index (χ1n) is 6.29. The zero-order valence-corrected chi connectivity index (χ0v) is 10.3. The van der Waals surface area contributed by atoms with E-state index in [0.29, 0.717) is 11.3 Å². The van der Waals surface area contributed by atoms with Crippen molar-refractivity contribution >= 4 is 11.4 Å². The van der Waals surface area contributed by atoms with E-state index in [0.717, 1.165) is 24.7 Å². The van der Waals surface area contributed by atoms with Gasteiger partial charge in [0.05, 0.1) is 16.9 Å². The van der Waals surface area contributed by atoms with Crippen LogP contribution >= 0.6 is 0 Å². The van der Waals surface area contributed by atoms with Gasteiger partial charge in [-0.05, 0) is 37.8 Å². The molecule has 0 amide bonds. The Bertz CT molecular complexity index is 430. The van der Waals surface area contributed by atoms with E-state index in [9.17, 15) is 0 Å². The molecule has 1 aliphatic carbocycles. The molecule has 1 fully saturated rings. The predicted molar refractivity (Wildman–Crippen MR) is 70.8 cm³/mol. The number of nitrogen functional groups attached to an aromatic ring is 1. The highest BCUT2D eigenvalue weighted by Gasteiger charge is 2.21. The summed E-state index contributed by atoms with van der Waals surface area (Å²) in [7, 11) is 0. The van der Waals surface area contributed by atoms with Crippen LogP contribution in [-0.2, 0) is 0 Å². The molecule has 0 radical (unpaired) electrons. The van der Waals surface area contributed by atoms with Crippen molar-refractivity contribution in [3.8, 4) is 6.07 Å². The van der Waals surface area contributed by atoms with E-state index in [-0.39, 0.29) is 0 Å². The first kappa shape index (κ1) is 11.8. The number of anilines is 2. The van der Waals surface area contributed by atoms with Crippen molar-refractivity contribution in [3.05, 3.63) is 23.8 Å². The van der Waals surface area contributed by atoms with Gasteiger partial charge in [-0.2, -0.15) is 5.26 Å². The standard InChI is InChI=1S/C14H19N3/c1-2-17(10-11-5-3-6-11)13-8-4-7-12(9-15)14(13)16/h4,7-8,11H,2-3,5-6,10,16H2,1H3. The number of nitrogens with zero attached hydrogens (tertiary/aromatic N) is 2. The highest BCUT2D eigenvalue weighted by molar-refractivity contribution is 5.73. The molecular weight excluding hydrogens is 210 g/mol. The Labute approximate surface area is 103 Å². The molecule has 1 aromatic rings. The van der Waals surface area contributed by atoms with Crippen molar-refractivity contribution in [3.63, 3.8) is 0 Å². The molecule has 0 heterocycles. The molecule has 2 rings (SSSR count). The van der Waals surface area contributed by atoms with Crippen molar-refractivity contribution < 1.29 is 0 Å². The summed E-state index contributed by atoms with van der Waals surface area (Å²) < 4.78 is 0. The lowest BCUT2D eigenvalue weighted by atomic mass is 9.85. The molecule has 17 heavy (non-hydrogen) atoms.